The van der Waals surface area contributed by atoms with Gasteiger partial charge >= 0.3 is 6.03 Å². The summed E-state index contributed by atoms with van der Waals surface area (Å²) in [4.78, 5) is 16.5. The van der Waals surface area contributed by atoms with Gasteiger partial charge in [-0.3, -0.25) is 4.21 Å². The van der Waals surface area contributed by atoms with Crippen molar-refractivity contribution in [2.75, 3.05) is 62.0 Å². The molecule has 1 saturated heterocycles. The molecule has 0 saturated carbocycles. The number of nitrogens with one attached hydrogen (secondary N) is 2. The number of piperazine rings is 1. The van der Waals surface area contributed by atoms with Gasteiger partial charge in [-0.05, 0) is 19.2 Å². The van der Waals surface area contributed by atoms with Crippen molar-refractivity contribution in [1.82, 2.24) is 10.2 Å². The van der Waals surface area contributed by atoms with Crippen LogP contribution in [0, 0.1) is 0 Å². The van der Waals surface area contributed by atoms with E-state index < -0.39 is 10.8 Å². The van der Waals surface area contributed by atoms with Crippen LogP contribution in [0.4, 0.5) is 16.2 Å². The summed E-state index contributed by atoms with van der Waals surface area (Å²) in [6.07, 6.45) is 1.63. The van der Waals surface area contributed by atoms with Crippen molar-refractivity contribution in [3.8, 4) is 0 Å². The lowest BCUT2D eigenvalue weighted by Gasteiger charge is -2.35. The molecule has 22 heavy (non-hydrogen) atoms. The van der Waals surface area contributed by atoms with E-state index in [0.29, 0.717) is 12.3 Å². The summed E-state index contributed by atoms with van der Waals surface area (Å²) in [5.41, 5.74) is 1.85. The Labute approximate surface area is 134 Å². The van der Waals surface area contributed by atoms with E-state index in [1.807, 2.05) is 24.3 Å². The third-order valence-electron chi connectivity index (χ3n) is 3.67. The number of likely N-dealkylation sites (N-methyl/N-ethyl adjacent to an activating group) is 1. The minimum absolute atomic E-state index is 0.257. The molecule has 0 unspecified atom stereocenters. The number of anilines is 2. The van der Waals surface area contributed by atoms with Gasteiger partial charge in [0, 0.05) is 55.5 Å². The van der Waals surface area contributed by atoms with Gasteiger partial charge in [-0.1, -0.05) is 12.1 Å². The van der Waals surface area contributed by atoms with Crippen LogP contribution in [0.3, 0.4) is 0 Å². The van der Waals surface area contributed by atoms with Crippen molar-refractivity contribution in [3.63, 3.8) is 0 Å². The summed E-state index contributed by atoms with van der Waals surface area (Å²) in [5, 5.41) is 5.62. The molecular formula is C15H24N4O2S. The summed E-state index contributed by atoms with van der Waals surface area (Å²) in [5.74, 6) is 0.466. The van der Waals surface area contributed by atoms with Crippen LogP contribution in [0.25, 0.3) is 0 Å². The minimum Gasteiger partial charge on any atom is -0.367 e. The highest BCUT2D eigenvalue weighted by Gasteiger charge is 2.17. The first-order valence-electron chi connectivity index (χ1n) is 7.43. The number of hydrogen-bond acceptors (Lipinski definition) is 4. The second-order valence-electron chi connectivity index (χ2n) is 5.47. The molecule has 1 atom stereocenters. The van der Waals surface area contributed by atoms with Crippen LogP contribution in [0.5, 0.6) is 0 Å². The van der Waals surface area contributed by atoms with Crippen molar-refractivity contribution in [2.24, 2.45) is 0 Å². The average Bonchev–Trinajstić information content (AvgIpc) is 2.48. The molecular weight excluding hydrogens is 300 g/mol. The van der Waals surface area contributed by atoms with E-state index in [0.717, 1.165) is 37.6 Å². The number of rotatable bonds is 5. The van der Waals surface area contributed by atoms with Crippen LogP contribution in [0.15, 0.2) is 24.3 Å². The lowest BCUT2D eigenvalue weighted by molar-refractivity contribution is 0.252. The number of carbonyl (C=O) groups is 1. The van der Waals surface area contributed by atoms with Gasteiger partial charge in [0.2, 0.25) is 0 Å². The number of nitrogens with zero attached hydrogens (tertiary/aromatic N) is 2. The minimum atomic E-state index is -0.896. The Morgan fingerprint density at radius 1 is 1.23 bits per heavy atom. The predicted octanol–water partition coefficient (Wildman–Crippen LogP) is 0.938. The zero-order valence-electron chi connectivity index (χ0n) is 13.2. The Kier molecular flexibility index (Phi) is 6.21. The first-order valence-corrected chi connectivity index (χ1v) is 9.16. The molecule has 0 aromatic heterocycles. The van der Waals surface area contributed by atoms with E-state index in [4.69, 9.17) is 0 Å². The monoisotopic (exact) mass is 324 g/mol. The van der Waals surface area contributed by atoms with Gasteiger partial charge in [0.1, 0.15) is 0 Å². The quantitative estimate of drug-likeness (QED) is 0.846. The van der Waals surface area contributed by atoms with Crippen LogP contribution in [0.1, 0.15) is 0 Å². The van der Waals surface area contributed by atoms with Crippen molar-refractivity contribution in [1.29, 1.82) is 0 Å². The Bertz CT molecular complexity index is 530. The van der Waals surface area contributed by atoms with E-state index in [2.05, 4.69) is 27.5 Å². The molecule has 1 aromatic rings. The third kappa shape index (κ3) is 4.99. The van der Waals surface area contributed by atoms with Gasteiger partial charge in [-0.15, -0.1) is 0 Å². The second-order valence-corrected chi connectivity index (χ2v) is 7.02. The fourth-order valence-electron chi connectivity index (χ4n) is 2.38. The van der Waals surface area contributed by atoms with E-state index >= 15 is 0 Å². The molecule has 2 rings (SSSR count). The molecule has 2 amide bonds. The topological polar surface area (TPSA) is 64.7 Å². The molecule has 1 aliphatic heterocycles. The summed E-state index contributed by atoms with van der Waals surface area (Å²) in [6.45, 7) is 4.34. The lowest BCUT2D eigenvalue weighted by atomic mass is 10.2. The summed E-state index contributed by atoms with van der Waals surface area (Å²) < 4.78 is 11.0. The number of benzene rings is 1. The molecule has 1 heterocycles. The van der Waals surface area contributed by atoms with Crippen LogP contribution in [-0.4, -0.2) is 66.9 Å². The Morgan fingerprint density at radius 2 is 1.91 bits per heavy atom. The van der Waals surface area contributed by atoms with Crippen molar-refractivity contribution < 1.29 is 9.00 Å². The fourth-order valence-corrected chi connectivity index (χ4v) is 2.77. The number of urea groups is 1. The van der Waals surface area contributed by atoms with Gasteiger partial charge < -0.3 is 20.4 Å². The second kappa shape index (κ2) is 8.14. The van der Waals surface area contributed by atoms with Gasteiger partial charge in [0.05, 0.1) is 11.4 Å². The van der Waals surface area contributed by atoms with Crippen LogP contribution >= 0.6 is 0 Å². The Morgan fingerprint density at radius 3 is 2.59 bits per heavy atom. The zero-order chi connectivity index (χ0) is 15.9. The van der Waals surface area contributed by atoms with Crippen LogP contribution in [-0.2, 0) is 10.8 Å². The fraction of sp³-hybridized carbons (Fsp3) is 0.533. The predicted molar refractivity (Wildman–Crippen MR) is 92.1 cm³/mol. The number of carbonyl (C=O) groups excluding carboxylic acids is 1. The Hall–Kier alpha value is -1.60. The highest BCUT2D eigenvalue weighted by Crippen LogP contribution is 2.26. The summed E-state index contributed by atoms with van der Waals surface area (Å²) in [7, 11) is 1.22. The van der Waals surface area contributed by atoms with Gasteiger partial charge in [0.25, 0.3) is 0 Å². The van der Waals surface area contributed by atoms with E-state index in [-0.39, 0.29) is 6.03 Å². The standard InChI is InChI=1S/C15H24N4O2S/c1-18-8-10-19(11-9-18)14-6-4-3-5-13(14)17-15(20)16-7-12-22(2)21/h3-6H,7-12H2,1-2H3,(H2,16,17,20)/t22-/m0/s1. The van der Waals surface area contributed by atoms with E-state index in [1.54, 1.807) is 6.26 Å². The molecule has 0 spiro atoms. The maximum Gasteiger partial charge on any atom is 0.319 e. The summed E-state index contributed by atoms with van der Waals surface area (Å²) in [6, 6.07) is 7.58. The normalized spacial score (nSPS) is 17.1. The maximum atomic E-state index is 11.9. The molecule has 1 aliphatic rings. The number of hydrogen-bond donors (Lipinski definition) is 2. The molecule has 0 radical (unpaired) electrons. The van der Waals surface area contributed by atoms with Gasteiger partial charge in [-0.25, -0.2) is 4.79 Å². The summed E-state index contributed by atoms with van der Waals surface area (Å²) >= 11 is 0. The largest absolute Gasteiger partial charge is 0.367 e. The third-order valence-corrected chi connectivity index (χ3v) is 4.45. The first-order chi connectivity index (χ1) is 10.6. The van der Waals surface area contributed by atoms with Gasteiger partial charge in [0.15, 0.2) is 0 Å². The number of amides is 2. The van der Waals surface area contributed by atoms with Crippen LogP contribution < -0.4 is 15.5 Å². The molecule has 0 bridgehead atoms. The average molecular weight is 324 g/mol. The molecule has 0 aliphatic carbocycles. The van der Waals surface area contributed by atoms with Crippen molar-refractivity contribution in [2.45, 2.75) is 0 Å². The smallest absolute Gasteiger partial charge is 0.319 e. The zero-order valence-corrected chi connectivity index (χ0v) is 14.0. The molecule has 7 heteroatoms. The SMILES string of the molecule is CN1CCN(c2ccccc2NC(=O)NCC[S@](C)=O)CC1. The van der Waals surface area contributed by atoms with Gasteiger partial charge in [-0.2, -0.15) is 0 Å². The molecule has 1 fully saturated rings. The lowest BCUT2D eigenvalue weighted by Crippen LogP contribution is -2.44. The van der Waals surface area contributed by atoms with Crippen molar-refractivity contribution in [3.05, 3.63) is 24.3 Å². The molecule has 122 valence electrons. The number of para-hydroxylation sites is 2. The highest BCUT2D eigenvalue weighted by atomic mass is 32.2. The van der Waals surface area contributed by atoms with E-state index in [9.17, 15) is 9.00 Å². The first kappa shape index (κ1) is 16.8. The van der Waals surface area contributed by atoms with E-state index in [1.165, 1.54) is 0 Å². The molecule has 6 nitrogen and oxygen atoms in total. The van der Waals surface area contributed by atoms with Crippen molar-refractivity contribution >= 4 is 28.2 Å². The maximum absolute atomic E-state index is 11.9. The van der Waals surface area contributed by atoms with Crippen LogP contribution in [0.2, 0.25) is 0 Å². The molecule has 1 aromatic carbocycles. The Balaban J connectivity index is 1.96. The molecule has 2 N–H and O–H groups in total. The highest BCUT2D eigenvalue weighted by molar-refractivity contribution is 7.84.